The Morgan fingerprint density at radius 3 is 2.76 bits per heavy atom. The van der Waals surface area contributed by atoms with E-state index in [1.165, 1.54) is 0 Å². The minimum absolute atomic E-state index is 0. The smallest absolute Gasteiger partial charge is 0.193 e. The van der Waals surface area contributed by atoms with Crippen LogP contribution in [0.1, 0.15) is 17.0 Å². The first-order valence-electron chi connectivity index (χ1n) is 7.78. The SMILES string of the molecule is COCCn1nc(C)c(CN=C(N)Nc2cccc(OC)c2)c1C.I. The van der Waals surface area contributed by atoms with Crippen molar-refractivity contribution in [1.82, 2.24) is 9.78 Å². The monoisotopic (exact) mass is 459 g/mol. The van der Waals surface area contributed by atoms with Gasteiger partial charge < -0.3 is 20.5 Å². The van der Waals surface area contributed by atoms with Crippen LogP contribution in [0.5, 0.6) is 5.75 Å². The summed E-state index contributed by atoms with van der Waals surface area (Å²) in [4.78, 5) is 4.42. The lowest BCUT2D eigenvalue weighted by Gasteiger charge is -2.07. The molecule has 0 aliphatic heterocycles. The second-order valence-electron chi connectivity index (χ2n) is 5.42. The number of anilines is 1. The summed E-state index contributed by atoms with van der Waals surface area (Å²) >= 11 is 0. The number of aliphatic imine (C=N–C) groups is 1. The first kappa shape index (κ1) is 21.2. The van der Waals surface area contributed by atoms with E-state index in [1.807, 2.05) is 42.8 Å². The van der Waals surface area contributed by atoms with E-state index in [0.717, 1.165) is 34.9 Å². The minimum atomic E-state index is 0. The molecule has 0 aliphatic rings. The maximum Gasteiger partial charge on any atom is 0.193 e. The predicted molar refractivity (Wildman–Crippen MR) is 111 cm³/mol. The van der Waals surface area contributed by atoms with Crippen molar-refractivity contribution in [2.24, 2.45) is 10.7 Å². The number of nitrogens with two attached hydrogens (primary N) is 1. The summed E-state index contributed by atoms with van der Waals surface area (Å²) < 4.78 is 12.2. The molecule has 0 amide bonds. The minimum Gasteiger partial charge on any atom is -0.497 e. The summed E-state index contributed by atoms with van der Waals surface area (Å²) in [6.07, 6.45) is 0. The molecule has 1 aromatic carbocycles. The predicted octanol–water partition coefficient (Wildman–Crippen LogP) is 2.70. The molecule has 2 aromatic rings. The first-order valence-corrected chi connectivity index (χ1v) is 7.78. The van der Waals surface area contributed by atoms with Crippen molar-refractivity contribution < 1.29 is 9.47 Å². The number of aromatic nitrogens is 2. The zero-order chi connectivity index (χ0) is 17.5. The second-order valence-corrected chi connectivity index (χ2v) is 5.42. The number of ether oxygens (including phenoxy) is 2. The third-order valence-electron chi connectivity index (χ3n) is 3.79. The van der Waals surface area contributed by atoms with Gasteiger partial charge in [0, 0.05) is 30.1 Å². The van der Waals surface area contributed by atoms with Crippen LogP contribution in [0.2, 0.25) is 0 Å². The van der Waals surface area contributed by atoms with E-state index in [-0.39, 0.29) is 24.0 Å². The Morgan fingerprint density at radius 1 is 1.32 bits per heavy atom. The summed E-state index contributed by atoms with van der Waals surface area (Å²) in [5.74, 6) is 1.12. The molecule has 0 radical (unpaired) electrons. The van der Waals surface area contributed by atoms with Crippen LogP contribution in [0.4, 0.5) is 5.69 Å². The highest BCUT2D eigenvalue weighted by atomic mass is 127. The van der Waals surface area contributed by atoms with Gasteiger partial charge in [-0.05, 0) is 26.0 Å². The number of nitrogens with zero attached hydrogens (tertiary/aromatic N) is 3. The fourth-order valence-electron chi connectivity index (χ4n) is 2.41. The standard InChI is InChI=1S/C17H25N5O2.HI/c1-12-16(13(2)22(21-12)8-9-23-3)11-19-17(18)20-14-6-5-7-15(10-14)24-4;/h5-7,10H,8-9,11H2,1-4H3,(H3,18,19,20);1H. The van der Waals surface area contributed by atoms with E-state index in [1.54, 1.807) is 14.2 Å². The number of methoxy groups -OCH3 is 2. The lowest BCUT2D eigenvalue weighted by molar-refractivity contribution is 0.182. The average molecular weight is 459 g/mol. The molecule has 138 valence electrons. The molecule has 0 saturated heterocycles. The Morgan fingerprint density at radius 2 is 2.08 bits per heavy atom. The highest BCUT2D eigenvalue weighted by Crippen LogP contribution is 2.17. The maximum atomic E-state index is 5.98. The van der Waals surface area contributed by atoms with Crippen LogP contribution in [-0.4, -0.2) is 36.6 Å². The van der Waals surface area contributed by atoms with E-state index < -0.39 is 0 Å². The van der Waals surface area contributed by atoms with Crippen molar-refractivity contribution >= 4 is 35.6 Å². The molecule has 1 aromatic heterocycles. The van der Waals surface area contributed by atoms with Gasteiger partial charge in [-0.3, -0.25) is 4.68 Å². The van der Waals surface area contributed by atoms with Crippen LogP contribution < -0.4 is 15.8 Å². The molecule has 7 nitrogen and oxygen atoms in total. The molecule has 0 bridgehead atoms. The van der Waals surface area contributed by atoms with Crippen LogP contribution in [-0.2, 0) is 17.8 Å². The molecule has 8 heteroatoms. The van der Waals surface area contributed by atoms with Crippen molar-refractivity contribution in [2.75, 3.05) is 26.1 Å². The van der Waals surface area contributed by atoms with Gasteiger partial charge in [-0.15, -0.1) is 24.0 Å². The number of benzene rings is 1. The lowest BCUT2D eigenvalue weighted by Crippen LogP contribution is -2.22. The van der Waals surface area contributed by atoms with E-state index >= 15 is 0 Å². The van der Waals surface area contributed by atoms with Crippen molar-refractivity contribution in [3.63, 3.8) is 0 Å². The Balaban J connectivity index is 0.00000312. The third-order valence-corrected chi connectivity index (χ3v) is 3.79. The largest absolute Gasteiger partial charge is 0.497 e. The fourth-order valence-corrected chi connectivity index (χ4v) is 2.41. The van der Waals surface area contributed by atoms with E-state index in [4.69, 9.17) is 15.2 Å². The Labute approximate surface area is 165 Å². The van der Waals surface area contributed by atoms with Gasteiger partial charge in [0.25, 0.3) is 0 Å². The van der Waals surface area contributed by atoms with Gasteiger partial charge in [0.15, 0.2) is 5.96 Å². The van der Waals surface area contributed by atoms with Gasteiger partial charge in [0.05, 0.1) is 32.5 Å². The molecule has 1 heterocycles. The highest BCUT2D eigenvalue weighted by molar-refractivity contribution is 14.0. The van der Waals surface area contributed by atoms with Crippen LogP contribution in [0.25, 0.3) is 0 Å². The number of halogens is 1. The number of hydrogen-bond acceptors (Lipinski definition) is 4. The zero-order valence-electron chi connectivity index (χ0n) is 15.1. The molecule has 2 rings (SSSR count). The van der Waals surface area contributed by atoms with Crippen LogP contribution in [0.3, 0.4) is 0 Å². The normalized spacial score (nSPS) is 11.1. The van der Waals surface area contributed by atoms with Crippen molar-refractivity contribution in [1.29, 1.82) is 0 Å². The van der Waals surface area contributed by atoms with Crippen molar-refractivity contribution in [2.45, 2.75) is 26.9 Å². The number of nitrogens with one attached hydrogen (secondary N) is 1. The fraction of sp³-hybridized carbons (Fsp3) is 0.412. The molecule has 25 heavy (non-hydrogen) atoms. The number of rotatable bonds is 7. The molecule has 0 fully saturated rings. The Bertz CT molecular complexity index is 715. The topological polar surface area (TPSA) is 86.7 Å². The van der Waals surface area contributed by atoms with Gasteiger partial charge in [0.2, 0.25) is 0 Å². The van der Waals surface area contributed by atoms with Gasteiger partial charge >= 0.3 is 0 Å². The summed E-state index contributed by atoms with van der Waals surface area (Å²) in [7, 11) is 3.31. The maximum absolute atomic E-state index is 5.98. The molecular weight excluding hydrogens is 433 g/mol. The van der Waals surface area contributed by atoms with Crippen molar-refractivity contribution in [3.8, 4) is 5.75 Å². The van der Waals surface area contributed by atoms with E-state index in [0.29, 0.717) is 19.1 Å². The molecular formula is C17H26IN5O2. The molecule has 0 spiro atoms. The van der Waals surface area contributed by atoms with E-state index in [9.17, 15) is 0 Å². The van der Waals surface area contributed by atoms with Gasteiger partial charge in [0.1, 0.15) is 5.75 Å². The van der Waals surface area contributed by atoms with Crippen LogP contribution in [0, 0.1) is 13.8 Å². The third kappa shape index (κ3) is 5.89. The molecule has 0 saturated carbocycles. The number of hydrogen-bond donors (Lipinski definition) is 2. The highest BCUT2D eigenvalue weighted by Gasteiger charge is 2.11. The molecule has 3 N–H and O–H groups in total. The lowest BCUT2D eigenvalue weighted by atomic mass is 10.2. The van der Waals surface area contributed by atoms with Gasteiger partial charge in [-0.1, -0.05) is 6.07 Å². The summed E-state index contributed by atoms with van der Waals surface area (Å²) in [5, 5.41) is 7.59. The summed E-state index contributed by atoms with van der Waals surface area (Å²) in [6, 6.07) is 7.54. The number of guanidine groups is 1. The average Bonchev–Trinajstić information content (AvgIpc) is 2.85. The summed E-state index contributed by atoms with van der Waals surface area (Å²) in [5.41, 5.74) is 9.95. The molecule has 0 atom stereocenters. The first-order chi connectivity index (χ1) is 11.5. The number of aryl methyl sites for hydroxylation is 1. The second kappa shape index (κ2) is 10.2. The van der Waals surface area contributed by atoms with Gasteiger partial charge in [-0.2, -0.15) is 5.10 Å². The van der Waals surface area contributed by atoms with E-state index in [2.05, 4.69) is 15.4 Å². The molecule has 0 unspecified atom stereocenters. The molecule has 0 aliphatic carbocycles. The van der Waals surface area contributed by atoms with Crippen molar-refractivity contribution in [3.05, 3.63) is 41.2 Å². The quantitative estimate of drug-likeness (QED) is 0.378. The zero-order valence-corrected chi connectivity index (χ0v) is 17.4. The van der Waals surface area contributed by atoms with Crippen LogP contribution in [0.15, 0.2) is 29.3 Å². The summed E-state index contributed by atoms with van der Waals surface area (Å²) in [6.45, 7) is 5.85. The Hall–Kier alpha value is -1.81. The Kier molecular flexibility index (Phi) is 8.70. The van der Waals surface area contributed by atoms with Crippen LogP contribution >= 0.6 is 24.0 Å². The van der Waals surface area contributed by atoms with Gasteiger partial charge in [-0.25, -0.2) is 4.99 Å².